The molecular formula is C12H16N4. The number of hydrogen-bond acceptors (Lipinski definition) is 3. The van der Waals surface area contributed by atoms with E-state index in [1.807, 2.05) is 25.5 Å². The highest BCUT2D eigenvalue weighted by molar-refractivity contribution is 5.04. The summed E-state index contributed by atoms with van der Waals surface area (Å²) in [6, 6.07) is 0. The zero-order valence-corrected chi connectivity index (χ0v) is 9.72. The molecule has 0 spiro atoms. The topological polar surface area (TPSA) is 43.6 Å². The van der Waals surface area contributed by atoms with E-state index in [9.17, 15) is 0 Å². The molecule has 84 valence electrons. The van der Waals surface area contributed by atoms with Crippen LogP contribution in [0.1, 0.15) is 30.6 Å². The Morgan fingerprint density at radius 1 is 1.19 bits per heavy atom. The highest BCUT2D eigenvalue weighted by Crippen LogP contribution is 2.04. The molecule has 0 aliphatic carbocycles. The van der Waals surface area contributed by atoms with Gasteiger partial charge in [0.15, 0.2) is 0 Å². The average Bonchev–Trinajstić information content (AvgIpc) is 2.70. The number of aromatic nitrogens is 4. The molecule has 2 rings (SSSR count). The van der Waals surface area contributed by atoms with E-state index in [0.717, 1.165) is 36.6 Å². The maximum absolute atomic E-state index is 4.34. The molecule has 0 aromatic carbocycles. The molecule has 0 N–H and O–H groups in total. The molecule has 0 atom stereocenters. The largest absolute Gasteiger partial charge is 0.329 e. The number of aryl methyl sites for hydroxylation is 2. The molecule has 2 aromatic heterocycles. The van der Waals surface area contributed by atoms with Crippen molar-refractivity contribution >= 4 is 0 Å². The van der Waals surface area contributed by atoms with Gasteiger partial charge in [-0.15, -0.1) is 0 Å². The van der Waals surface area contributed by atoms with Gasteiger partial charge in [-0.25, -0.2) is 4.98 Å². The summed E-state index contributed by atoms with van der Waals surface area (Å²) in [6.45, 7) is 4.85. The van der Waals surface area contributed by atoms with Gasteiger partial charge in [-0.2, -0.15) is 0 Å². The van der Waals surface area contributed by atoms with Gasteiger partial charge in [0.2, 0.25) is 0 Å². The molecule has 0 fully saturated rings. The first kappa shape index (κ1) is 10.8. The van der Waals surface area contributed by atoms with Gasteiger partial charge in [0.1, 0.15) is 5.82 Å². The third-order valence-electron chi connectivity index (χ3n) is 2.44. The average molecular weight is 216 g/mol. The minimum atomic E-state index is 0.753. The summed E-state index contributed by atoms with van der Waals surface area (Å²) < 4.78 is 2.13. The Morgan fingerprint density at radius 2 is 2.06 bits per heavy atom. The van der Waals surface area contributed by atoms with E-state index in [1.165, 1.54) is 0 Å². The van der Waals surface area contributed by atoms with Gasteiger partial charge in [-0.05, 0) is 13.3 Å². The lowest BCUT2D eigenvalue weighted by atomic mass is 10.3. The Bertz CT molecular complexity index is 444. The van der Waals surface area contributed by atoms with Gasteiger partial charge in [-0.1, -0.05) is 6.92 Å². The van der Waals surface area contributed by atoms with Crippen LogP contribution in [0.3, 0.4) is 0 Å². The van der Waals surface area contributed by atoms with Crippen molar-refractivity contribution in [3.05, 3.63) is 42.0 Å². The molecule has 16 heavy (non-hydrogen) atoms. The van der Waals surface area contributed by atoms with Crippen LogP contribution in [-0.4, -0.2) is 19.5 Å². The molecule has 0 aliphatic heterocycles. The first-order valence-electron chi connectivity index (χ1n) is 5.57. The zero-order chi connectivity index (χ0) is 11.4. The van der Waals surface area contributed by atoms with Gasteiger partial charge >= 0.3 is 0 Å². The van der Waals surface area contributed by atoms with Crippen molar-refractivity contribution in [3.8, 4) is 0 Å². The molecule has 2 heterocycles. The van der Waals surface area contributed by atoms with Crippen LogP contribution < -0.4 is 0 Å². The van der Waals surface area contributed by atoms with E-state index in [0.29, 0.717) is 0 Å². The van der Waals surface area contributed by atoms with Crippen LogP contribution in [0.25, 0.3) is 0 Å². The van der Waals surface area contributed by atoms with E-state index in [-0.39, 0.29) is 0 Å². The summed E-state index contributed by atoms with van der Waals surface area (Å²) in [7, 11) is 0. The quantitative estimate of drug-likeness (QED) is 0.785. The zero-order valence-electron chi connectivity index (χ0n) is 9.72. The van der Waals surface area contributed by atoms with E-state index < -0.39 is 0 Å². The number of imidazole rings is 1. The van der Waals surface area contributed by atoms with Crippen LogP contribution in [0.5, 0.6) is 0 Å². The Morgan fingerprint density at radius 3 is 2.75 bits per heavy atom. The van der Waals surface area contributed by atoms with Crippen molar-refractivity contribution in [3.63, 3.8) is 0 Å². The molecule has 0 amide bonds. The Kier molecular flexibility index (Phi) is 3.29. The Labute approximate surface area is 95.4 Å². The van der Waals surface area contributed by atoms with Gasteiger partial charge in [0, 0.05) is 25.0 Å². The Balaban J connectivity index is 2.13. The van der Waals surface area contributed by atoms with E-state index in [1.54, 1.807) is 6.20 Å². The molecule has 0 saturated carbocycles. The highest BCUT2D eigenvalue weighted by Gasteiger charge is 2.03. The van der Waals surface area contributed by atoms with Gasteiger partial charge < -0.3 is 4.57 Å². The fourth-order valence-corrected chi connectivity index (χ4v) is 1.61. The van der Waals surface area contributed by atoms with Crippen LogP contribution in [0.15, 0.2) is 24.8 Å². The van der Waals surface area contributed by atoms with Gasteiger partial charge in [-0.3, -0.25) is 9.97 Å². The highest BCUT2D eigenvalue weighted by atomic mass is 15.1. The van der Waals surface area contributed by atoms with Crippen LogP contribution in [0.4, 0.5) is 0 Å². The first-order chi connectivity index (χ1) is 7.79. The molecule has 0 bridgehead atoms. The van der Waals surface area contributed by atoms with E-state index >= 15 is 0 Å². The SMILES string of the molecule is CCCc1nccn1Cc1cnc(C)cn1. The van der Waals surface area contributed by atoms with Crippen molar-refractivity contribution in [2.45, 2.75) is 33.2 Å². The summed E-state index contributed by atoms with van der Waals surface area (Å²) >= 11 is 0. The number of hydrogen-bond donors (Lipinski definition) is 0. The predicted molar refractivity (Wildman–Crippen MR) is 62.1 cm³/mol. The van der Waals surface area contributed by atoms with Gasteiger partial charge in [0.25, 0.3) is 0 Å². The van der Waals surface area contributed by atoms with Crippen molar-refractivity contribution in [1.82, 2.24) is 19.5 Å². The van der Waals surface area contributed by atoms with E-state index in [4.69, 9.17) is 0 Å². The Hall–Kier alpha value is -1.71. The van der Waals surface area contributed by atoms with Crippen LogP contribution >= 0.6 is 0 Å². The monoisotopic (exact) mass is 216 g/mol. The second kappa shape index (κ2) is 4.88. The molecule has 0 aliphatic rings. The molecule has 2 aromatic rings. The second-order valence-electron chi connectivity index (χ2n) is 3.87. The van der Waals surface area contributed by atoms with Crippen molar-refractivity contribution in [2.75, 3.05) is 0 Å². The minimum Gasteiger partial charge on any atom is -0.329 e. The van der Waals surface area contributed by atoms with Crippen molar-refractivity contribution in [2.24, 2.45) is 0 Å². The molecule has 4 heteroatoms. The van der Waals surface area contributed by atoms with E-state index in [2.05, 4.69) is 26.4 Å². The summed E-state index contributed by atoms with van der Waals surface area (Å²) in [4.78, 5) is 12.9. The fraction of sp³-hybridized carbons (Fsp3) is 0.417. The second-order valence-corrected chi connectivity index (χ2v) is 3.87. The lowest BCUT2D eigenvalue weighted by molar-refractivity contribution is 0.690. The minimum absolute atomic E-state index is 0.753. The van der Waals surface area contributed by atoms with Gasteiger partial charge in [0.05, 0.1) is 24.1 Å². The maximum Gasteiger partial charge on any atom is 0.108 e. The molecule has 4 nitrogen and oxygen atoms in total. The summed E-state index contributed by atoms with van der Waals surface area (Å²) in [5.74, 6) is 1.12. The van der Waals surface area contributed by atoms with Crippen molar-refractivity contribution < 1.29 is 0 Å². The van der Waals surface area contributed by atoms with Crippen LogP contribution in [-0.2, 0) is 13.0 Å². The fourth-order valence-electron chi connectivity index (χ4n) is 1.61. The number of nitrogens with zero attached hydrogens (tertiary/aromatic N) is 4. The predicted octanol–water partition coefficient (Wildman–Crippen LogP) is 1.98. The lowest BCUT2D eigenvalue weighted by Gasteiger charge is -2.06. The smallest absolute Gasteiger partial charge is 0.108 e. The van der Waals surface area contributed by atoms with Crippen molar-refractivity contribution in [1.29, 1.82) is 0 Å². The summed E-state index contributed by atoms with van der Waals surface area (Å²) in [5, 5.41) is 0. The summed E-state index contributed by atoms with van der Waals surface area (Å²) in [6.07, 6.45) is 9.57. The lowest BCUT2D eigenvalue weighted by Crippen LogP contribution is -2.06. The maximum atomic E-state index is 4.34. The third-order valence-corrected chi connectivity index (χ3v) is 2.44. The van der Waals surface area contributed by atoms with Crippen LogP contribution in [0.2, 0.25) is 0 Å². The first-order valence-corrected chi connectivity index (χ1v) is 5.57. The third kappa shape index (κ3) is 2.45. The molecule has 0 unspecified atom stereocenters. The van der Waals surface area contributed by atoms with Crippen LogP contribution in [0, 0.1) is 6.92 Å². The summed E-state index contributed by atoms with van der Waals surface area (Å²) in [5.41, 5.74) is 1.92. The normalized spacial score (nSPS) is 10.6. The molecular weight excluding hydrogens is 200 g/mol. The number of rotatable bonds is 4. The molecule has 0 radical (unpaired) electrons. The standard InChI is InChI=1S/C12H16N4/c1-3-4-12-13-5-6-16(12)9-11-8-14-10(2)7-15-11/h5-8H,3-4,9H2,1-2H3. The molecule has 0 saturated heterocycles.